The highest BCUT2D eigenvalue weighted by molar-refractivity contribution is 6.30. The van der Waals surface area contributed by atoms with Crippen LogP contribution in [-0.4, -0.2) is 50.1 Å². The SMILES string of the molecule is O=C(CCC(=O)c1ccc(Cl)cc1)NCC1CN(c2ccc(N3CCCCC3)c(F)c2)C(=O)O1. The van der Waals surface area contributed by atoms with Crippen molar-refractivity contribution in [1.29, 1.82) is 0 Å². The predicted molar refractivity (Wildman–Crippen MR) is 128 cm³/mol. The normalized spacial score (nSPS) is 18.1. The van der Waals surface area contributed by atoms with Gasteiger partial charge in [0.1, 0.15) is 11.9 Å². The lowest BCUT2D eigenvalue weighted by Crippen LogP contribution is -2.34. The molecule has 1 N–H and O–H groups in total. The highest BCUT2D eigenvalue weighted by atomic mass is 35.5. The van der Waals surface area contributed by atoms with Crippen molar-refractivity contribution in [2.45, 2.75) is 38.2 Å². The van der Waals surface area contributed by atoms with Crippen LogP contribution < -0.4 is 15.1 Å². The van der Waals surface area contributed by atoms with Crippen molar-refractivity contribution in [3.8, 4) is 0 Å². The number of ether oxygens (including phenoxy) is 1. The van der Waals surface area contributed by atoms with Crippen molar-refractivity contribution in [3.63, 3.8) is 0 Å². The molecule has 4 rings (SSSR count). The van der Waals surface area contributed by atoms with Crippen LogP contribution in [0.25, 0.3) is 0 Å². The number of nitrogens with one attached hydrogen (secondary N) is 1. The fourth-order valence-corrected chi connectivity index (χ4v) is 4.34. The summed E-state index contributed by atoms with van der Waals surface area (Å²) >= 11 is 5.82. The van der Waals surface area contributed by atoms with Gasteiger partial charge in [-0.25, -0.2) is 9.18 Å². The number of cyclic esters (lactones) is 1. The zero-order chi connectivity index (χ0) is 24.1. The molecule has 0 aliphatic carbocycles. The fraction of sp³-hybridized carbons (Fsp3) is 0.400. The summed E-state index contributed by atoms with van der Waals surface area (Å²) in [4.78, 5) is 40.1. The fourth-order valence-electron chi connectivity index (χ4n) is 4.22. The van der Waals surface area contributed by atoms with E-state index in [2.05, 4.69) is 5.32 Å². The minimum absolute atomic E-state index is 0.0228. The predicted octanol–water partition coefficient (Wildman–Crippen LogP) is 4.57. The lowest BCUT2D eigenvalue weighted by atomic mass is 10.1. The Labute approximate surface area is 202 Å². The van der Waals surface area contributed by atoms with Crippen LogP contribution in [0.2, 0.25) is 5.02 Å². The average Bonchev–Trinajstić information content (AvgIpc) is 3.22. The molecule has 9 heteroatoms. The third-order valence-electron chi connectivity index (χ3n) is 6.09. The van der Waals surface area contributed by atoms with Gasteiger partial charge in [0.05, 0.1) is 24.5 Å². The van der Waals surface area contributed by atoms with Crippen LogP contribution in [0.15, 0.2) is 42.5 Å². The molecule has 2 amide bonds. The van der Waals surface area contributed by atoms with E-state index < -0.39 is 12.2 Å². The number of amides is 2. The zero-order valence-electron chi connectivity index (χ0n) is 18.8. The van der Waals surface area contributed by atoms with Crippen LogP contribution in [0.5, 0.6) is 0 Å². The Hall–Kier alpha value is -3.13. The summed E-state index contributed by atoms with van der Waals surface area (Å²) in [7, 11) is 0. The van der Waals surface area contributed by atoms with Crippen LogP contribution in [0.1, 0.15) is 42.5 Å². The van der Waals surface area contributed by atoms with Gasteiger partial charge in [0.25, 0.3) is 0 Å². The molecular weight excluding hydrogens is 461 g/mol. The van der Waals surface area contributed by atoms with E-state index in [0.29, 0.717) is 22.0 Å². The van der Waals surface area contributed by atoms with Gasteiger partial charge in [-0.05, 0) is 61.7 Å². The second kappa shape index (κ2) is 10.9. The number of hydrogen-bond acceptors (Lipinski definition) is 5. The van der Waals surface area contributed by atoms with Gasteiger partial charge >= 0.3 is 6.09 Å². The lowest BCUT2D eigenvalue weighted by Gasteiger charge is -2.29. The number of benzene rings is 2. The quantitative estimate of drug-likeness (QED) is 0.552. The van der Waals surface area contributed by atoms with E-state index >= 15 is 0 Å². The first-order valence-electron chi connectivity index (χ1n) is 11.5. The molecule has 0 saturated carbocycles. The molecule has 0 aromatic heterocycles. The minimum atomic E-state index is -0.581. The van der Waals surface area contributed by atoms with Crippen molar-refractivity contribution in [2.24, 2.45) is 0 Å². The van der Waals surface area contributed by atoms with Gasteiger partial charge in [0.2, 0.25) is 5.91 Å². The van der Waals surface area contributed by atoms with Crippen molar-refractivity contribution >= 4 is 40.8 Å². The van der Waals surface area contributed by atoms with E-state index in [0.717, 1.165) is 32.4 Å². The maximum Gasteiger partial charge on any atom is 0.414 e. The molecule has 1 unspecified atom stereocenters. The molecule has 2 aromatic carbocycles. The number of anilines is 2. The third kappa shape index (κ3) is 5.86. The van der Waals surface area contributed by atoms with E-state index in [-0.39, 0.29) is 43.4 Å². The van der Waals surface area contributed by atoms with Crippen LogP contribution in [-0.2, 0) is 9.53 Å². The smallest absolute Gasteiger partial charge is 0.414 e. The second-order valence-corrected chi connectivity index (χ2v) is 8.97. The molecule has 2 heterocycles. The molecule has 0 bridgehead atoms. The number of carbonyl (C=O) groups is 3. The number of nitrogens with zero attached hydrogens (tertiary/aromatic N) is 2. The van der Waals surface area contributed by atoms with Crippen molar-refractivity contribution in [3.05, 3.63) is 58.9 Å². The molecule has 34 heavy (non-hydrogen) atoms. The summed E-state index contributed by atoms with van der Waals surface area (Å²) in [5.74, 6) is -0.830. The highest BCUT2D eigenvalue weighted by Gasteiger charge is 2.33. The number of rotatable bonds is 8. The lowest BCUT2D eigenvalue weighted by molar-refractivity contribution is -0.121. The Morgan fingerprint density at radius 3 is 2.50 bits per heavy atom. The number of hydrogen-bond donors (Lipinski definition) is 1. The largest absolute Gasteiger partial charge is 0.442 e. The summed E-state index contributed by atoms with van der Waals surface area (Å²) in [6.45, 7) is 1.97. The topological polar surface area (TPSA) is 79.0 Å². The first kappa shape index (κ1) is 24.0. The van der Waals surface area contributed by atoms with Crippen LogP contribution in [0.3, 0.4) is 0 Å². The van der Waals surface area contributed by atoms with Crippen LogP contribution in [0.4, 0.5) is 20.6 Å². The second-order valence-electron chi connectivity index (χ2n) is 8.53. The monoisotopic (exact) mass is 487 g/mol. The number of piperidine rings is 1. The molecule has 2 fully saturated rings. The van der Waals surface area contributed by atoms with E-state index in [1.54, 1.807) is 36.4 Å². The third-order valence-corrected chi connectivity index (χ3v) is 6.34. The van der Waals surface area contributed by atoms with Gasteiger partial charge in [0.15, 0.2) is 5.78 Å². The molecule has 1 atom stereocenters. The van der Waals surface area contributed by atoms with E-state index in [9.17, 15) is 18.8 Å². The molecular formula is C25H27ClFN3O4. The molecule has 180 valence electrons. The van der Waals surface area contributed by atoms with Crippen LogP contribution in [0, 0.1) is 5.82 Å². The Morgan fingerprint density at radius 2 is 1.79 bits per heavy atom. The first-order chi connectivity index (χ1) is 16.4. The Kier molecular flexibility index (Phi) is 7.67. The highest BCUT2D eigenvalue weighted by Crippen LogP contribution is 2.29. The summed E-state index contributed by atoms with van der Waals surface area (Å²) < 4.78 is 20.1. The molecule has 7 nitrogen and oxygen atoms in total. The molecule has 2 aliphatic rings. The summed E-state index contributed by atoms with van der Waals surface area (Å²) in [6, 6.07) is 11.3. The average molecular weight is 488 g/mol. The molecule has 0 spiro atoms. The minimum Gasteiger partial charge on any atom is -0.442 e. The maximum atomic E-state index is 14.7. The number of halogens is 2. The first-order valence-corrected chi connectivity index (χ1v) is 11.9. The molecule has 2 aromatic rings. The summed E-state index contributed by atoms with van der Waals surface area (Å²) in [6.07, 6.45) is 2.19. The molecule has 2 saturated heterocycles. The Morgan fingerprint density at radius 1 is 1.06 bits per heavy atom. The van der Waals surface area contributed by atoms with Gasteiger partial charge in [-0.2, -0.15) is 0 Å². The van der Waals surface area contributed by atoms with Gasteiger partial charge in [-0.1, -0.05) is 11.6 Å². The number of Topliss-reactive ketones (excluding diaryl/α,β-unsaturated/α-hetero) is 1. The van der Waals surface area contributed by atoms with Crippen molar-refractivity contribution < 1.29 is 23.5 Å². The number of carbonyl (C=O) groups excluding carboxylic acids is 3. The Bertz CT molecular complexity index is 1060. The van der Waals surface area contributed by atoms with Crippen molar-refractivity contribution in [1.82, 2.24) is 5.32 Å². The van der Waals surface area contributed by atoms with E-state index in [4.69, 9.17) is 16.3 Å². The van der Waals surface area contributed by atoms with Crippen molar-refractivity contribution in [2.75, 3.05) is 36.0 Å². The van der Waals surface area contributed by atoms with Crippen LogP contribution >= 0.6 is 11.6 Å². The maximum absolute atomic E-state index is 14.7. The van der Waals surface area contributed by atoms with Gasteiger partial charge in [0, 0.05) is 36.5 Å². The number of ketones is 1. The molecule has 0 radical (unpaired) electrons. The van der Waals surface area contributed by atoms with Gasteiger partial charge < -0.3 is 15.0 Å². The zero-order valence-corrected chi connectivity index (χ0v) is 19.5. The van der Waals surface area contributed by atoms with E-state index in [1.807, 2.05) is 4.90 Å². The molecule has 2 aliphatic heterocycles. The summed E-state index contributed by atoms with van der Waals surface area (Å²) in [5, 5.41) is 3.24. The van der Waals surface area contributed by atoms with Gasteiger partial charge in [-0.15, -0.1) is 0 Å². The van der Waals surface area contributed by atoms with Gasteiger partial charge in [-0.3, -0.25) is 14.5 Å². The Balaban J connectivity index is 1.25. The standard InChI is InChI=1S/C25H27ClFN3O4/c26-18-6-4-17(5-7-18)23(31)10-11-24(32)28-15-20-16-30(25(33)34-20)19-8-9-22(21(27)14-19)29-12-2-1-3-13-29/h4-9,14,20H,1-3,10-13,15-16H2,(H,28,32). The summed E-state index contributed by atoms with van der Waals surface area (Å²) in [5.41, 5.74) is 1.47. The van der Waals surface area contributed by atoms with E-state index in [1.165, 1.54) is 11.0 Å².